The Morgan fingerprint density at radius 2 is 2.00 bits per heavy atom. The van der Waals surface area contributed by atoms with Gasteiger partial charge < -0.3 is 0 Å². The molecule has 1 heterocycles. The number of halogens is 1. The molecular formula is C16H22FN3. The molecule has 4 heteroatoms. The lowest BCUT2D eigenvalue weighted by atomic mass is 10.1. The second kappa shape index (κ2) is 6.83. The molecule has 0 amide bonds. The molecule has 0 N–H and O–H groups in total. The Balaban J connectivity index is 1.94. The summed E-state index contributed by atoms with van der Waals surface area (Å²) >= 11 is 0. The van der Waals surface area contributed by atoms with Crippen LogP contribution in [-0.4, -0.2) is 42.0 Å². The SMILES string of the molecule is CCC(C)N1CCN(Cc2cc(C#N)ccc2F)CC1. The van der Waals surface area contributed by atoms with Crippen molar-refractivity contribution in [2.75, 3.05) is 26.2 Å². The third-order valence-electron chi connectivity index (χ3n) is 4.19. The maximum Gasteiger partial charge on any atom is 0.127 e. The first-order valence-electron chi connectivity index (χ1n) is 7.29. The fourth-order valence-electron chi connectivity index (χ4n) is 2.63. The van der Waals surface area contributed by atoms with Gasteiger partial charge in [0.25, 0.3) is 0 Å². The normalized spacial score (nSPS) is 18.7. The second-order valence-corrected chi connectivity index (χ2v) is 5.49. The summed E-state index contributed by atoms with van der Waals surface area (Å²) < 4.78 is 13.8. The van der Waals surface area contributed by atoms with E-state index in [9.17, 15) is 4.39 Å². The second-order valence-electron chi connectivity index (χ2n) is 5.49. The molecule has 20 heavy (non-hydrogen) atoms. The minimum absolute atomic E-state index is 0.214. The summed E-state index contributed by atoms with van der Waals surface area (Å²) in [7, 11) is 0. The smallest absolute Gasteiger partial charge is 0.127 e. The molecule has 1 aromatic carbocycles. The van der Waals surface area contributed by atoms with E-state index in [-0.39, 0.29) is 5.82 Å². The summed E-state index contributed by atoms with van der Waals surface area (Å²) in [6.07, 6.45) is 1.17. The van der Waals surface area contributed by atoms with Crippen molar-refractivity contribution in [2.45, 2.75) is 32.9 Å². The number of rotatable bonds is 4. The fourth-order valence-corrected chi connectivity index (χ4v) is 2.63. The first kappa shape index (κ1) is 15.0. The predicted molar refractivity (Wildman–Crippen MR) is 77.7 cm³/mol. The van der Waals surface area contributed by atoms with Crippen LogP contribution in [0.15, 0.2) is 18.2 Å². The predicted octanol–water partition coefficient (Wildman–Crippen LogP) is 2.61. The molecule has 1 aromatic rings. The molecule has 0 saturated carbocycles. The Kier molecular flexibility index (Phi) is 5.11. The average Bonchev–Trinajstić information content (AvgIpc) is 2.49. The first-order valence-corrected chi connectivity index (χ1v) is 7.29. The van der Waals surface area contributed by atoms with Crippen molar-refractivity contribution in [3.8, 4) is 6.07 Å². The van der Waals surface area contributed by atoms with Gasteiger partial charge in [0.1, 0.15) is 5.82 Å². The molecule has 3 nitrogen and oxygen atoms in total. The number of piperazine rings is 1. The molecule has 1 unspecified atom stereocenters. The van der Waals surface area contributed by atoms with Gasteiger partial charge >= 0.3 is 0 Å². The Labute approximate surface area is 120 Å². The van der Waals surface area contributed by atoms with Crippen LogP contribution in [0.4, 0.5) is 4.39 Å². The van der Waals surface area contributed by atoms with Crippen molar-refractivity contribution in [2.24, 2.45) is 0 Å². The van der Waals surface area contributed by atoms with Crippen LogP contribution in [-0.2, 0) is 6.54 Å². The van der Waals surface area contributed by atoms with E-state index in [0.29, 0.717) is 23.7 Å². The molecule has 1 aliphatic rings. The van der Waals surface area contributed by atoms with E-state index >= 15 is 0 Å². The van der Waals surface area contributed by atoms with Crippen LogP contribution >= 0.6 is 0 Å². The summed E-state index contributed by atoms with van der Waals surface area (Å²) in [5.41, 5.74) is 1.15. The minimum atomic E-state index is -0.214. The zero-order chi connectivity index (χ0) is 14.5. The van der Waals surface area contributed by atoms with Crippen molar-refractivity contribution >= 4 is 0 Å². The molecule has 0 radical (unpaired) electrons. The first-order chi connectivity index (χ1) is 9.63. The van der Waals surface area contributed by atoms with E-state index in [1.54, 1.807) is 6.07 Å². The lowest BCUT2D eigenvalue weighted by Crippen LogP contribution is -2.49. The quantitative estimate of drug-likeness (QED) is 0.846. The number of hydrogen-bond acceptors (Lipinski definition) is 3. The van der Waals surface area contributed by atoms with Crippen LogP contribution in [0.2, 0.25) is 0 Å². The van der Waals surface area contributed by atoms with E-state index in [1.807, 2.05) is 0 Å². The molecule has 1 saturated heterocycles. The molecule has 1 fully saturated rings. The fraction of sp³-hybridized carbons (Fsp3) is 0.562. The van der Waals surface area contributed by atoms with Gasteiger partial charge in [-0.15, -0.1) is 0 Å². The summed E-state index contributed by atoms with van der Waals surface area (Å²) in [5, 5.41) is 8.89. The highest BCUT2D eigenvalue weighted by molar-refractivity contribution is 5.33. The lowest BCUT2D eigenvalue weighted by Gasteiger charge is -2.37. The summed E-state index contributed by atoms with van der Waals surface area (Å²) in [4.78, 5) is 4.75. The molecule has 108 valence electrons. The minimum Gasteiger partial charge on any atom is -0.298 e. The van der Waals surface area contributed by atoms with Gasteiger partial charge in [-0.2, -0.15) is 5.26 Å². The molecule has 2 rings (SSSR count). The maximum absolute atomic E-state index is 13.8. The highest BCUT2D eigenvalue weighted by Gasteiger charge is 2.20. The zero-order valence-corrected chi connectivity index (χ0v) is 12.3. The van der Waals surface area contributed by atoms with Crippen LogP contribution < -0.4 is 0 Å². The Hall–Kier alpha value is -1.44. The van der Waals surface area contributed by atoms with E-state index in [1.165, 1.54) is 18.6 Å². The van der Waals surface area contributed by atoms with Crippen LogP contribution in [0.5, 0.6) is 0 Å². The topological polar surface area (TPSA) is 30.3 Å². The Bertz CT molecular complexity index is 487. The number of hydrogen-bond donors (Lipinski definition) is 0. The molecule has 0 bridgehead atoms. The van der Waals surface area contributed by atoms with Gasteiger partial charge in [-0.25, -0.2) is 4.39 Å². The molecule has 0 aromatic heterocycles. The van der Waals surface area contributed by atoms with Gasteiger partial charge in [0.2, 0.25) is 0 Å². The molecule has 1 aliphatic heterocycles. The van der Waals surface area contributed by atoms with Crippen LogP contribution in [0.1, 0.15) is 31.4 Å². The lowest BCUT2D eigenvalue weighted by molar-refractivity contribution is 0.0957. The van der Waals surface area contributed by atoms with Crippen LogP contribution in [0, 0.1) is 17.1 Å². The third kappa shape index (κ3) is 3.56. The van der Waals surface area contributed by atoms with Crippen molar-refractivity contribution in [3.05, 3.63) is 35.1 Å². The van der Waals surface area contributed by atoms with Gasteiger partial charge in [-0.05, 0) is 31.5 Å². The van der Waals surface area contributed by atoms with E-state index in [2.05, 4.69) is 29.7 Å². The number of benzene rings is 1. The van der Waals surface area contributed by atoms with Gasteiger partial charge in [0.15, 0.2) is 0 Å². The zero-order valence-electron chi connectivity index (χ0n) is 12.3. The van der Waals surface area contributed by atoms with E-state index in [0.717, 1.165) is 26.2 Å². The summed E-state index contributed by atoms with van der Waals surface area (Å²) in [5.74, 6) is -0.214. The number of nitriles is 1. The Morgan fingerprint density at radius 1 is 1.30 bits per heavy atom. The monoisotopic (exact) mass is 275 g/mol. The van der Waals surface area contributed by atoms with Gasteiger partial charge in [-0.1, -0.05) is 6.92 Å². The molecule has 0 spiro atoms. The Morgan fingerprint density at radius 3 is 2.60 bits per heavy atom. The van der Waals surface area contributed by atoms with Gasteiger partial charge in [-0.3, -0.25) is 9.80 Å². The summed E-state index contributed by atoms with van der Waals surface area (Å²) in [6.45, 7) is 9.05. The largest absolute Gasteiger partial charge is 0.298 e. The van der Waals surface area contributed by atoms with Crippen molar-refractivity contribution in [3.63, 3.8) is 0 Å². The standard InChI is InChI=1S/C16H22FN3/c1-3-13(2)20-8-6-19(7-9-20)12-15-10-14(11-18)4-5-16(15)17/h4-5,10,13H,3,6-9,12H2,1-2H3. The number of nitrogens with zero attached hydrogens (tertiary/aromatic N) is 3. The molecule has 1 atom stereocenters. The molecular weight excluding hydrogens is 253 g/mol. The average molecular weight is 275 g/mol. The van der Waals surface area contributed by atoms with Gasteiger partial charge in [0.05, 0.1) is 11.6 Å². The highest BCUT2D eigenvalue weighted by Crippen LogP contribution is 2.15. The third-order valence-corrected chi connectivity index (χ3v) is 4.19. The van der Waals surface area contributed by atoms with Crippen LogP contribution in [0.25, 0.3) is 0 Å². The van der Waals surface area contributed by atoms with E-state index < -0.39 is 0 Å². The van der Waals surface area contributed by atoms with E-state index in [4.69, 9.17) is 5.26 Å². The highest BCUT2D eigenvalue weighted by atomic mass is 19.1. The summed E-state index contributed by atoms with van der Waals surface area (Å²) in [6, 6.07) is 7.27. The maximum atomic E-state index is 13.8. The van der Waals surface area contributed by atoms with Crippen LogP contribution in [0.3, 0.4) is 0 Å². The van der Waals surface area contributed by atoms with Crippen molar-refractivity contribution < 1.29 is 4.39 Å². The van der Waals surface area contributed by atoms with Crippen molar-refractivity contribution in [1.82, 2.24) is 9.80 Å². The van der Waals surface area contributed by atoms with Gasteiger partial charge in [0, 0.05) is 44.3 Å². The molecule has 0 aliphatic carbocycles. The van der Waals surface area contributed by atoms with Crippen molar-refractivity contribution in [1.29, 1.82) is 5.26 Å².